The van der Waals surface area contributed by atoms with Crippen LogP contribution in [0.25, 0.3) is 0 Å². The van der Waals surface area contributed by atoms with Crippen LogP contribution in [0.1, 0.15) is 45.4 Å². The van der Waals surface area contributed by atoms with Gasteiger partial charge in [-0.05, 0) is 44.7 Å². The van der Waals surface area contributed by atoms with Crippen molar-refractivity contribution in [3.05, 3.63) is 24.5 Å². The largest absolute Gasteiger partial charge is 0.452 e. The molecular formula is C19H27N3O5S. The van der Waals surface area contributed by atoms with Crippen LogP contribution in [0.15, 0.2) is 29.4 Å². The first-order valence-electron chi connectivity index (χ1n) is 9.79. The number of ether oxygens (including phenoxy) is 1. The highest BCUT2D eigenvalue weighted by atomic mass is 32.2. The van der Waals surface area contributed by atoms with Crippen molar-refractivity contribution < 1.29 is 22.7 Å². The molecule has 9 heteroatoms. The van der Waals surface area contributed by atoms with E-state index in [1.54, 1.807) is 13.0 Å². The highest BCUT2D eigenvalue weighted by molar-refractivity contribution is 7.89. The minimum Gasteiger partial charge on any atom is -0.452 e. The number of rotatable bonds is 6. The molecule has 1 aliphatic heterocycles. The lowest BCUT2D eigenvalue weighted by Crippen LogP contribution is -2.44. The molecule has 1 N–H and O–H groups in total. The standard InChI is InChI=1S/C19H27N3O5S/c1-14(18(23)21-16-5-2-3-6-16)27-19(24)15-8-11-22(12-9-15)28(25,26)17-7-4-10-20-13-17/h4,7,10,13-16H,2-3,5-6,8-9,11-12H2,1H3,(H,21,23). The quantitative estimate of drug-likeness (QED) is 0.714. The van der Waals surface area contributed by atoms with Gasteiger partial charge in [0.25, 0.3) is 5.91 Å². The fourth-order valence-electron chi connectivity index (χ4n) is 3.69. The molecule has 1 saturated carbocycles. The van der Waals surface area contributed by atoms with E-state index < -0.39 is 28.0 Å². The van der Waals surface area contributed by atoms with Crippen molar-refractivity contribution >= 4 is 21.9 Å². The lowest BCUT2D eigenvalue weighted by Gasteiger charge is -2.30. The summed E-state index contributed by atoms with van der Waals surface area (Å²) in [5.41, 5.74) is 0. The summed E-state index contributed by atoms with van der Waals surface area (Å²) in [4.78, 5) is 28.6. The van der Waals surface area contributed by atoms with Gasteiger partial charge in [-0.2, -0.15) is 4.31 Å². The molecule has 1 amide bonds. The van der Waals surface area contributed by atoms with Crippen LogP contribution in [-0.4, -0.2) is 54.8 Å². The molecule has 1 aromatic rings. The number of piperidine rings is 1. The molecule has 0 aromatic carbocycles. The molecule has 8 nitrogen and oxygen atoms in total. The van der Waals surface area contributed by atoms with Crippen LogP contribution in [-0.2, 0) is 24.3 Å². The number of carbonyl (C=O) groups excluding carboxylic acids is 2. The Morgan fingerprint density at radius 2 is 1.89 bits per heavy atom. The average molecular weight is 410 g/mol. The predicted molar refractivity (Wildman–Crippen MR) is 102 cm³/mol. The molecule has 154 valence electrons. The molecule has 2 aliphatic rings. The fourth-order valence-corrected chi connectivity index (χ4v) is 5.13. The van der Waals surface area contributed by atoms with E-state index in [0.717, 1.165) is 25.7 Å². The van der Waals surface area contributed by atoms with Crippen LogP contribution < -0.4 is 5.32 Å². The predicted octanol–water partition coefficient (Wildman–Crippen LogP) is 1.47. The van der Waals surface area contributed by atoms with Gasteiger partial charge in [-0.15, -0.1) is 0 Å². The van der Waals surface area contributed by atoms with Crippen molar-refractivity contribution in [1.29, 1.82) is 0 Å². The van der Waals surface area contributed by atoms with E-state index in [4.69, 9.17) is 4.74 Å². The van der Waals surface area contributed by atoms with E-state index >= 15 is 0 Å². The van der Waals surface area contributed by atoms with Gasteiger partial charge in [0.15, 0.2) is 6.10 Å². The van der Waals surface area contributed by atoms with E-state index in [9.17, 15) is 18.0 Å². The average Bonchev–Trinajstić information content (AvgIpc) is 3.21. The van der Waals surface area contributed by atoms with E-state index in [2.05, 4.69) is 10.3 Å². The number of nitrogens with one attached hydrogen (secondary N) is 1. The summed E-state index contributed by atoms with van der Waals surface area (Å²) in [5.74, 6) is -1.11. The fraction of sp³-hybridized carbons (Fsp3) is 0.632. The van der Waals surface area contributed by atoms with Crippen molar-refractivity contribution in [1.82, 2.24) is 14.6 Å². The van der Waals surface area contributed by atoms with Gasteiger partial charge in [-0.1, -0.05) is 12.8 Å². The first-order chi connectivity index (χ1) is 13.4. The second kappa shape index (κ2) is 9.00. The molecule has 0 radical (unpaired) electrons. The summed E-state index contributed by atoms with van der Waals surface area (Å²) in [6.45, 7) is 2.05. The number of amides is 1. The summed E-state index contributed by atoms with van der Waals surface area (Å²) in [5, 5.41) is 2.92. The molecule has 1 atom stereocenters. The first kappa shape index (κ1) is 20.7. The van der Waals surface area contributed by atoms with Gasteiger partial charge in [-0.25, -0.2) is 8.42 Å². The monoisotopic (exact) mass is 409 g/mol. The van der Waals surface area contributed by atoms with Crippen LogP contribution >= 0.6 is 0 Å². The Kier molecular flexibility index (Phi) is 6.66. The van der Waals surface area contributed by atoms with Gasteiger partial charge in [0.2, 0.25) is 10.0 Å². The SMILES string of the molecule is CC(OC(=O)C1CCN(S(=O)(=O)c2cccnc2)CC1)C(=O)NC1CCCC1. The number of esters is 1. The minimum atomic E-state index is -3.61. The van der Waals surface area contributed by atoms with Gasteiger partial charge in [0.1, 0.15) is 4.90 Å². The second-order valence-electron chi connectivity index (χ2n) is 7.44. The number of sulfonamides is 1. The van der Waals surface area contributed by atoms with Crippen molar-refractivity contribution in [2.45, 2.75) is 62.5 Å². The molecule has 1 saturated heterocycles. The summed E-state index contributed by atoms with van der Waals surface area (Å²) < 4.78 is 31.9. The summed E-state index contributed by atoms with van der Waals surface area (Å²) in [6.07, 6.45) is 6.90. The number of aromatic nitrogens is 1. The molecular weight excluding hydrogens is 382 g/mol. The third-order valence-electron chi connectivity index (χ3n) is 5.42. The van der Waals surface area contributed by atoms with E-state index in [1.807, 2.05) is 0 Å². The topological polar surface area (TPSA) is 106 Å². The van der Waals surface area contributed by atoms with Gasteiger partial charge in [0, 0.05) is 31.5 Å². The van der Waals surface area contributed by atoms with E-state index in [0.29, 0.717) is 12.8 Å². The molecule has 1 aliphatic carbocycles. The summed E-state index contributed by atoms with van der Waals surface area (Å²) in [6, 6.07) is 3.26. The molecule has 0 bridgehead atoms. The minimum absolute atomic E-state index is 0.147. The maximum Gasteiger partial charge on any atom is 0.309 e. The first-order valence-corrected chi connectivity index (χ1v) is 11.2. The molecule has 3 rings (SSSR count). The normalized spacial score (nSPS) is 20.6. The van der Waals surface area contributed by atoms with Gasteiger partial charge >= 0.3 is 5.97 Å². The van der Waals surface area contributed by atoms with Crippen LogP contribution in [0.2, 0.25) is 0 Å². The third-order valence-corrected chi connectivity index (χ3v) is 7.31. The van der Waals surface area contributed by atoms with E-state index in [1.165, 1.54) is 22.8 Å². The van der Waals surface area contributed by atoms with Crippen molar-refractivity contribution in [3.8, 4) is 0 Å². The zero-order valence-electron chi connectivity index (χ0n) is 16.0. The maximum absolute atomic E-state index is 12.6. The van der Waals surface area contributed by atoms with Crippen LogP contribution in [0.5, 0.6) is 0 Å². The Bertz CT molecular complexity index is 785. The van der Waals surface area contributed by atoms with E-state index in [-0.39, 0.29) is 29.9 Å². The molecule has 1 aromatic heterocycles. The van der Waals surface area contributed by atoms with Crippen molar-refractivity contribution in [2.75, 3.05) is 13.1 Å². The lowest BCUT2D eigenvalue weighted by molar-refractivity contribution is -0.160. The molecule has 2 fully saturated rings. The zero-order chi connectivity index (χ0) is 20.1. The number of nitrogens with zero attached hydrogens (tertiary/aromatic N) is 2. The molecule has 28 heavy (non-hydrogen) atoms. The molecule has 1 unspecified atom stereocenters. The van der Waals surface area contributed by atoms with Crippen LogP contribution in [0.3, 0.4) is 0 Å². The van der Waals surface area contributed by atoms with Gasteiger partial charge < -0.3 is 10.1 Å². The third kappa shape index (κ3) is 4.88. The lowest BCUT2D eigenvalue weighted by atomic mass is 9.98. The Hall–Kier alpha value is -2.00. The van der Waals surface area contributed by atoms with Gasteiger partial charge in [-0.3, -0.25) is 14.6 Å². The Morgan fingerprint density at radius 1 is 1.21 bits per heavy atom. The highest BCUT2D eigenvalue weighted by Crippen LogP contribution is 2.24. The summed E-state index contributed by atoms with van der Waals surface area (Å²) in [7, 11) is -3.61. The zero-order valence-corrected chi connectivity index (χ0v) is 16.9. The second-order valence-corrected chi connectivity index (χ2v) is 9.37. The smallest absolute Gasteiger partial charge is 0.309 e. The van der Waals surface area contributed by atoms with Crippen LogP contribution in [0.4, 0.5) is 0 Å². The highest BCUT2D eigenvalue weighted by Gasteiger charge is 2.34. The number of carbonyl (C=O) groups is 2. The Balaban J connectivity index is 1.49. The number of hydrogen-bond donors (Lipinski definition) is 1. The Morgan fingerprint density at radius 3 is 2.50 bits per heavy atom. The summed E-state index contributed by atoms with van der Waals surface area (Å²) >= 11 is 0. The number of pyridine rings is 1. The number of hydrogen-bond acceptors (Lipinski definition) is 6. The van der Waals surface area contributed by atoms with Crippen molar-refractivity contribution in [3.63, 3.8) is 0 Å². The van der Waals surface area contributed by atoms with Crippen molar-refractivity contribution in [2.24, 2.45) is 5.92 Å². The Labute approximate surface area is 165 Å². The molecule has 2 heterocycles. The maximum atomic E-state index is 12.6. The molecule has 0 spiro atoms. The van der Waals surface area contributed by atoms with Crippen LogP contribution in [0, 0.1) is 5.92 Å². The van der Waals surface area contributed by atoms with Gasteiger partial charge in [0.05, 0.1) is 5.92 Å².